The molecule has 1 rings (SSSR count). The SMILES string of the molecule is CCCCOc1cc([CH]O)cc(C(C)C)c1. The average Bonchev–Trinajstić information content (AvgIpc) is 2.29. The second-order valence-corrected chi connectivity index (χ2v) is 4.32. The third kappa shape index (κ3) is 3.86. The van der Waals surface area contributed by atoms with Crippen molar-refractivity contribution in [1.82, 2.24) is 0 Å². The molecule has 0 atom stereocenters. The van der Waals surface area contributed by atoms with Gasteiger partial charge in [0.2, 0.25) is 0 Å². The summed E-state index contributed by atoms with van der Waals surface area (Å²) >= 11 is 0. The van der Waals surface area contributed by atoms with Gasteiger partial charge < -0.3 is 9.84 Å². The van der Waals surface area contributed by atoms with Gasteiger partial charge in [-0.3, -0.25) is 0 Å². The number of aliphatic hydroxyl groups is 1. The van der Waals surface area contributed by atoms with Crippen molar-refractivity contribution in [3.05, 3.63) is 35.9 Å². The smallest absolute Gasteiger partial charge is 0.119 e. The van der Waals surface area contributed by atoms with Gasteiger partial charge >= 0.3 is 0 Å². The van der Waals surface area contributed by atoms with Gasteiger partial charge in [-0.1, -0.05) is 33.3 Å². The second kappa shape index (κ2) is 6.54. The standard InChI is InChI=1S/C14H21O2/c1-4-5-6-16-14-8-12(10-15)7-13(9-14)11(2)3/h7-11,15H,4-6H2,1-3H3. The highest BCUT2D eigenvalue weighted by atomic mass is 16.5. The molecule has 0 amide bonds. The van der Waals surface area contributed by atoms with Crippen molar-refractivity contribution in [2.75, 3.05) is 6.61 Å². The third-order valence-corrected chi connectivity index (χ3v) is 2.53. The summed E-state index contributed by atoms with van der Waals surface area (Å²) in [5, 5.41) is 9.06. The van der Waals surface area contributed by atoms with E-state index in [0.717, 1.165) is 37.4 Å². The Hall–Kier alpha value is -1.02. The number of aliphatic hydroxyl groups excluding tert-OH is 1. The van der Waals surface area contributed by atoms with Crippen molar-refractivity contribution in [2.24, 2.45) is 0 Å². The molecule has 0 bridgehead atoms. The molecule has 89 valence electrons. The maximum Gasteiger partial charge on any atom is 0.119 e. The average molecular weight is 221 g/mol. The van der Waals surface area contributed by atoms with Crippen molar-refractivity contribution in [3.8, 4) is 5.75 Å². The summed E-state index contributed by atoms with van der Waals surface area (Å²) in [7, 11) is 0. The first-order chi connectivity index (χ1) is 7.67. The number of hydrogen-bond acceptors (Lipinski definition) is 2. The first kappa shape index (κ1) is 13.0. The van der Waals surface area contributed by atoms with E-state index < -0.39 is 0 Å². The number of ether oxygens (including phenoxy) is 1. The first-order valence-corrected chi connectivity index (χ1v) is 5.92. The van der Waals surface area contributed by atoms with Crippen LogP contribution in [0.3, 0.4) is 0 Å². The van der Waals surface area contributed by atoms with E-state index in [-0.39, 0.29) is 0 Å². The van der Waals surface area contributed by atoms with Crippen LogP contribution in [-0.4, -0.2) is 11.7 Å². The fourth-order valence-electron chi connectivity index (χ4n) is 1.47. The molecule has 0 aromatic heterocycles. The quantitative estimate of drug-likeness (QED) is 0.739. The van der Waals surface area contributed by atoms with Crippen LogP contribution in [0, 0.1) is 6.61 Å². The van der Waals surface area contributed by atoms with E-state index in [0.29, 0.717) is 5.92 Å². The zero-order valence-corrected chi connectivity index (χ0v) is 10.4. The molecular weight excluding hydrogens is 200 g/mol. The van der Waals surface area contributed by atoms with Gasteiger partial charge in [-0.25, -0.2) is 0 Å². The van der Waals surface area contributed by atoms with E-state index in [9.17, 15) is 0 Å². The lowest BCUT2D eigenvalue weighted by Gasteiger charge is -2.12. The van der Waals surface area contributed by atoms with Crippen LogP contribution < -0.4 is 4.74 Å². The summed E-state index contributed by atoms with van der Waals surface area (Å²) in [4.78, 5) is 0. The lowest BCUT2D eigenvalue weighted by atomic mass is 10.0. The highest BCUT2D eigenvalue weighted by molar-refractivity contribution is 5.38. The van der Waals surface area contributed by atoms with Gasteiger partial charge in [0.15, 0.2) is 0 Å². The minimum Gasteiger partial charge on any atom is -0.494 e. The van der Waals surface area contributed by atoms with Crippen LogP contribution in [-0.2, 0) is 0 Å². The summed E-state index contributed by atoms with van der Waals surface area (Å²) < 4.78 is 5.65. The van der Waals surface area contributed by atoms with Crippen LogP contribution in [0.1, 0.15) is 50.7 Å². The fourth-order valence-corrected chi connectivity index (χ4v) is 1.47. The van der Waals surface area contributed by atoms with Crippen molar-refractivity contribution in [2.45, 2.75) is 39.5 Å². The van der Waals surface area contributed by atoms with E-state index in [1.54, 1.807) is 0 Å². The molecule has 1 radical (unpaired) electrons. The van der Waals surface area contributed by atoms with Gasteiger partial charge in [0.05, 0.1) is 6.61 Å². The Balaban J connectivity index is 2.78. The third-order valence-electron chi connectivity index (χ3n) is 2.53. The summed E-state index contributed by atoms with van der Waals surface area (Å²) in [6.07, 6.45) is 2.19. The van der Waals surface area contributed by atoms with Gasteiger partial charge in [0.1, 0.15) is 12.4 Å². The topological polar surface area (TPSA) is 29.5 Å². The molecule has 0 aliphatic carbocycles. The highest BCUT2D eigenvalue weighted by Gasteiger charge is 2.05. The summed E-state index contributed by atoms with van der Waals surface area (Å²) in [6, 6.07) is 5.90. The monoisotopic (exact) mass is 221 g/mol. The van der Waals surface area contributed by atoms with Gasteiger partial charge in [-0.15, -0.1) is 0 Å². The molecule has 2 heteroatoms. The van der Waals surface area contributed by atoms with Gasteiger partial charge in [0.25, 0.3) is 0 Å². The molecule has 0 spiro atoms. The summed E-state index contributed by atoms with van der Waals surface area (Å²) in [5.41, 5.74) is 1.99. The Morgan fingerprint density at radius 2 is 2.06 bits per heavy atom. The Morgan fingerprint density at radius 1 is 1.31 bits per heavy atom. The summed E-state index contributed by atoms with van der Waals surface area (Å²) in [5.74, 6) is 1.29. The number of unbranched alkanes of at least 4 members (excludes halogenated alkanes) is 1. The van der Waals surface area contributed by atoms with E-state index in [1.165, 1.54) is 5.56 Å². The van der Waals surface area contributed by atoms with Crippen molar-refractivity contribution in [1.29, 1.82) is 0 Å². The van der Waals surface area contributed by atoms with Crippen molar-refractivity contribution < 1.29 is 9.84 Å². The Morgan fingerprint density at radius 3 is 2.62 bits per heavy atom. The molecule has 2 nitrogen and oxygen atoms in total. The molecule has 1 N–H and O–H groups in total. The van der Waals surface area contributed by atoms with Crippen LogP contribution in [0.2, 0.25) is 0 Å². The van der Waals surface area contributed by atoms with E-state index in [2.05, 4.69) is 20.8 Å². The van der Waals surface area contributed by atoms with Crippen LogP contribution in [0.15, 0.2) is 18.2 Å². The van der Waals surface area contributed by atoms with Crippen LogP contribution >= 0.6 is 0 Å². The molecular formula is C14H21O2. The fraction of sp³-hybridized carbons (Fsp3) is 0.500. The highest BCUT2D eigenvalue weighted by Crippen LogP contribution is 2.23. The lowest BCUT2D eigenvalue weighted by molar-refractivity contribution is 0.308. The molecule has 0 aliphatic heterocycles. The summed E-state index contributed by atoms with van der Waals surface area (Å²) in [6.45, 7) is 8.26. The Bertz CT molecular complexity index is 319. The van der Waals surface area contributed by atoms with E-state index in [1.807, 2.05) is 18.2 Å². The Kier molecular flexibility index (Phi) is 5.33. The molecule has 0 saturated carbocycles. The van der Waals surface area contributed by atoms with Crippen molar-refractivity contribution in [3.63, 3.8) is 0 Å². The van der Waals surface area contributed by atoms with E-state index in [4.69, 9.17) is 9.84 Å². The first-order valence-electron chi connectivity index (χ1n) is 5.92. The van der Waals surface area contributed by atoms with Crippen LogP contribution in [0.5, 0.6) is 5.75 Å². The van der Waals surface area contributed by atoms with Gasteiger partial charge in [-0.05, 0) is 35.6 Å². The predicted molar refractivity (Wildman–Crippen MR) is 66.3 cm³/mol. The zero-order valence-electron chi connectivity index (χ0n) is 10.4. The number of benzene rings is 1. The zero-order chi connectivity index (χ0) is 12.0. The second-order valence-electron chi connectivity index (χ2n) is 4.32. The largest absolute Gasteiger partial charge is 0.494 e. The lowest BCUT2D eigenvalue weighted by Crippen LogP contribution is -1.99. The number of hydrogen-bond donors (Lipinski definition) is 1. The maximum atomic E-state index is 9.06. The van der Waals surface area contributed by atoms with Crippen molar-refractivity contribution >= 4 is 0 Å². The van der Waals surface area contributed by atoms with Gasteiger partial charge in [-0.2, -0.15) is 0 Å². The molecule has 0 fully saturated rings. The van der Waals surface area contributed by atoms with Gasteiger partial charge in [0, 0.05) is 0 Å². The molecule has 0 aliphatic rings. The molecule has 0 saturated heterocycles. The minimum atomic E-state index is 0.438. The number of rotatable bonds is 6. The van der Waals surface area contributed by atoms with E-state index >= 15 is 0 Å². The molecule has 16 heavy (non-hydrogen) atoms. The molecule has 0 unspecified atom stereocenters. The predicted octanol–water partition coefficient (Wildman–Crippen LogP) is 3.87. The minimum absolute atomic E-state index is 0.438. The Labute approximate surface area is 98.3 Å². The van der Waals surface area contributed by atoms with Crippen LogP contribution in [0.4, 0.5) is 0 Å². The maximum absolute atomic E-state index is 9.06. The molecule has 1 aromatic rings. The normalized spacial score (nSPS) is 10.8. The van der Waals surface area contributed by atoms with Crippen LogP contribution in [0.25, 0.3) is 0 Å². The molecule has 1 aromatic carbocycles. The molecule has 0 heterocycles.